The lowest BCUT2D eigenvalue weighted by atomic mass is 10.3. The number of aromatic nitrogens is 2. The maximum atomic E-state index is 11.7. The minimum absolute atomic E-state index is 0.125. The van der Waals surface area contributed by atoms with Crippen LogP contribution in [0.15, 0.2) is 6.07 Å². The number of hydrogen-bond acceptors (Lipinski definition) is 5. The summed E-state index contributed by atoms with van der Waals surface area (Å²) in [6.07, 6.45) is 2.07. The van der Waals surface area contributed by atoms with E-state index in [-0.39, 0.29) is 17.6 Å². The molecular weight excluding hydrogens is 210 g/mol. The molecule has 0 aromatic carbocycles. The van der Waals surface area contributed by atoms with Gasteiger partial charge in [-0.15, -0.1) is 0 Å². The zero-order valence-corrected chi connectivity index (χ0v) is 9.19. The number of hydrogen-bond donors (Lipinski definition) is 1. The van der Waals surface area contributed by atoms with Crippen LogP contribution in [0.1, 0.15) is 23.3 Å². The van der Waals surface area contributed by atoms with Crippen molar-refractivity contribution in [2.45, 2.75) is 18.9 Å². The van der Waals surface area contributed by atoms with E-state index in [0.717, 1.165) is 12.8 Å². The van der Waals surface area contributed by atoms with Crippen LogP contribution in [0.3, 0.4) is 0 Å². The molecule has 0 bridgehead atoms. The van der Waals surface area contributed by atoms with E-state index < -0.39 is 0 Å². The van der Waals surface area contributed by atoms with Gasteiger partial charge in [-0.25, -0.2) is 0 Å². The molecule has 1 heterocycles. The first kappa shape index (κ1) is 10.7. The van der Waals surface area contributed by atoms with Gasteiger partial charge >= 0.3 is 6.01 Å². The van der Waals surface area contributed by atoms with Gasteiger partial charge in [0.15, 0.2) is 0 Å². The average Bonchev–Trinajstić information content (AvgIpc) is 3.12. The molecule has 0 atom stereocenters. The van der Waals surface area contributed by atoms with Gasteiger partial charge in [-0.05, 0) is 12.8 Å². The molecule has 1 aliphatic carbocycles. The molecular formula is C10H13N3O3. The SMILES string of the molecule is COc1cc(C(=O)NC2CC2)nc(OC)n1. The molecule has 86 valence electrons. The fourth-order valence-corrected chi connectivity index (χ4v) is 1.20. The molecule has 6 heteroatoms. The van der Waals surface area contributed by atoms with Crippen LogP contribution in [0, 0.1) is 0 Å². The Morgan fingerprint density at radius 1 is 1.38 bits per heavy atom. The van der Waals surface area contributed by atoms with Crippen LogP contribution in [-0.4, -0.2) is 36.1 Å². The maximum Gasteiger partial charge on any atom is 0.320 e. The fourth-order valence-electron chi connectivity index (χ4n) is 1.20. The summed E-state index contributed by atoms with van der Waals surface area (Å²) in [5.74, 6) is 0.0919. The first-order valence-electron chi connectivity index (χ1n) is 5.01. The molecule has 1 aromatic rings. The molecule has 1 amide bonds. The van der Waals surface area contributed by atoms with Gasteiger partial charge in [0.2, 0.25) is 5.88 Å². The summed E-state index contributed by atoms with van der Waals surface area (Å²) < 4.78 is 9.84. The van der Waals surface area contributed by atoms with Crippen molar-refractivity contribution in [3.8, 4) is 11.9 Å². The van der Waals surface area contributed by atoms with Gasteiger partial charge in [0.05, 0.1) is 14.2 Å². The summed E-state index contributed by atoms with van der Waals surface area (Å²) in [5.41, 5.74) is 0.260. The highest BCUT2D eigenvalue weighted by Crippen LogP contribution is 2.20. The Balaban J connectivity index is 2.20. The number of rotatable bonds is 4. The summed E-state index contributed by atoms with van der Waals surface area (Å²) in [7, 11) is 2.92. The highest BCUT2D eigenvalue weighted by Gasteiger charge is 2.25. The van der Waals surface area contributed by atoms with Gasteiger partial charge in [-0.2, -0.15) is 9.97 Å². The lowest BCUT2D eigenvalue weighted by molar-refractivity contribution is 0.0944. The lowest BCUT2D eigenvalue weighted by Gasteiger charge is -2.06. The van der Waals surface area contributed by atoms with Crippen LogP contribution < -0.4 is 14.8 Å². The summed E-state index contributed by atoms with van der Waals surface area (Å²) in [4.78, 5) is 19.6. The van der Waals surface area contributed by atoms with Crippen molar-refractivity contribution in [1.82, 2.24) is 15.3 Å². The summed E-state index contributed by atoms with van der Waals surface area (Å²) in [6.45, 7) is 0. The first-order valence-corrected chi connectivity index (χ1v) is 5.01. The Labute approximate surface area is 93.0 Å². The van der Waals surface area contributed by atoms with Gasteiger partial charge in [0, 0.05) is 12.1 Å². The number of ether oxygens (including phenoxy) is 2. The minimum atomic E-state index is -0.221. The quantitative estimate of drug-likeness (QED) is 0.799. The van der Waals surface area contributed by atoms with Crippen LogP contribution >= 0.6 is 0 Å². The number of nitrogens with one attached hydrogen (secondary N) is 1. The second kappa shape index (κ2) is 4.34. The molecule has 6 nitrogen and oxygen atoms in total. The van der Waals surface area contributed by atoms with Crippen molar-refractivity contribution in [1.29, 1.82) is 0 Å². The second-order valence-electron chi connectivity index (χ2n) is 3.53. The third kappa shape index (κ3) is 2.39. The van der Waals surface area contributed by atoms with Crippen LogP contribution in [0.5, 0.6) is 11.9 Å². The van der Waals surface area contributed by atoms with Crippen LogP contribution in [0.2, 0.25) is 0 Å². The molecule has 1 N–H and O–H groups in total. The van der Waals surface area contributed by atoms with Crippen molar-refractivity contribution in [2.24, 2.45) is 0 Å². The Kier molecular flexibility index (Phi) is 2.89. The highest BCUT2D eigenvalue weighted by atomic mass is 16.5. The van der Waals surface area contributed by atoms with Gasteiger partial charge in [0.25, 0.3) is 5.91 Å². The first-order chi connectivity index (χ1) is 7.72. The number of carbonyl (C=O) groups is 1. The molecule has 0 radical (unpaired) electrons. The molecule has 1 fully saturated rings. The predicted molar refractivity (Wildman–Crippen MR) is 55.6 cm³/mol. The van der Waals surface area contributed by atoms with E-state index in [0.29, 0.717) is 11.9 Å². The molecule has 0 unspecified atom stereocenters. The molecule has 16 heavy (non-hydrogen) atoms. The zero-order valence-electron chi connectivity index (χ0n) is 9.19. The molecule has 1 aliphatic rings. The Morgan fingerprint density at radius 3 is 2.69 bits per heavy atom. The Hall–Kier alpha value is -1.85. The normalized spacial score (nSPS) is 14.4. The Bertz CT molecular complexity index is 382. The third-order valence-corrected chi connectivity index (χ3v) is 2.22. The van der Waals surface area contributed by atoms with Crippen LogP contribution in [-0.2, 0) is 0 Å². The lowest BCUT2D eigenvalue weighted by Crippen LogP contribution is -2.26. The highest BCUT2D eigenvalue weighted by molar-refractivity contribution is 5.93. The Morgan fingerprint density at radius 2 is 2.12 bits per heavy atom. The zero-order chi connectivity index (χ0) is 11.5. The van der Waals surface area contributed by atoms with Crippen molar-refractivity contribution in [3.63, 3.8) is 0 Å². The number of amides is 1. The monoisotopic (exact) mass is 223 g/mol. The van der Waals surface area contributed by atoms with Crippen molar-refractivity contribution in [3.05, 3.63) is 11.8 Å². The van der Waals surface area contributed by atoms with E-state index in [2.05, 4.69) is 15.3 Å². The van der Waals surface area contributed by atoms with Crippen LogP contribution in [0.4, 0.5) is 0 Å². The van der Waals surface area contributed by atoms with Gasteiger partial charge in [-0.3, -0.25) is 4.79 Å². The minimum Gasteiger partial charge on any atom is -0.481 e. The van der Waals surface area contributed by atoms with Gasteiger partial charge < -0.3 is 14.8 Å². The number of methoxy groups -OCH3 is 2. The largest absolute Gasteiger partial charge is 0.481 e. The smallest absolute Gasteiger partial charge is 0.320 e. The van der Waals surface area contributed by atoms with E-state index in [4.69, 9.17) is 9.47 Å². The van der Waals surface area contributed by atoms with Crippen molar-refractivity contribution < 1.29 is 14.3 Å². The van der Waals surface area contributed by atoms with Crippen LogP contribution in [0.25, 0.3) is 0 Å². The standard InChI is InChI=1S/C10H13N3O3/c1-15-8-5-7(12-10(13-8)16-2)9(14)11-6-3-4-6/h5-6H,3-4H2,1-2H3,(H,11,14). The predicted octanol–water partition coefficient (Wildman–Crippen LogP) is 0.386. The summed E-state index contributed by atoms with van der Waals surface area (Å²) in [6, 6.07) is 1.90. The van der Waals surface area contributed by atoms with Gasteiger partial charge in [-0.1, -0.05) is 0 Å². The molecule has 0 saturated heterocycles. The third-order valence-electron chi connectivity index (χ3n) is 2.22. The summed E-state index contributed by atoms with van der Waals surface area (Å²) in [5, 5.41) is 2.83. The molecule has 0 spiro atoms. The van der Waals surface area contributed by atoms with E-state index in [9.17, 15) is 4.79 Å². The van der Waals surface area contributed by atoms with Crippen molar-refractivity contribution >= 4 is 5.91 Å². The molecule has 2 rings (SSSR count). The maximum absolute atomic E-state index is 11.7. The topological polar surface area (TPSA) is 73.3 Å². The molecule has 1 saturated carbocycles. The molecule has 0 aliphatic heterocycles. The van der Waals surface area contributed by atoms with E-state index in [1.54, 1.807) is 0 Å². The fraction of sp³-hybridized carbons (Fsp3) is 0.500. The molecule has 1 aromatic heterocycles. The van der Waals surface area contributed by atoms with Gasteiger partial charge in [0.1, 0.15) is 5.69 Å². The second-order valence-corrected chi connectivity index (χ2v) is 3.53. The van der Waals surface area contributed by atoms with E-state index in [1.165, 1.54) is 20.3 Å². The number of nitrogens with zero attached hydrogens (tertiary/aromatic N) is 2. The average molecular weight is 223 g/mol. The summed E-state index contributed by atoms with van der Waals surface area (Å²) >= 11 is 0. The van der Waals surface area contributed by atoms with Crippen molar-refractivity contribution in [2.75, 3.05) is 14.2 Å². The van der Waals surface area contributed by atoms with E-state index in [1.807, 2.05) is 0 Å². The number of carbonyl (C=O) groups excluding carboxylic acids is 1. The van der Waals surface area contributed by atoms with E-state index >= 15 is 0 Å².